The van der Waals surface area contributed by atoms with Crippen molar-refractivity contribution in [3.05, 3.63) is 65.7 Å². The Kier molecular flexibility index (Phi) is 6.79. The fourth-order valence-corrected chi connectivity index (χ4v) is 3.47. The molecule has 0 radical (unpaired) electrons. The third-order valence-corrected chi connectivity index (χ3v) is 4.83. The van der Waals surface area contributed by atoms with Gasteiger partial charge in [0.05, 0.1) is 19.3 Å². The highest BCUT2D eigenvalue weighted by atomic mass is 16.5. The van der Waals surface area contributed by atoms with E-state index in [1.165, 1.54) is 0 Å². The van der Waals surface area contributed by atoms with Crippen LogP contribution in [0.25, 0.3) is 0 Å². The van der Waals surface area contributed by atoms with Gasteiger partial charge in [0.2, 0.25) is 5.91 Å². The number of nitrogens with zero attached hydrogens (tertiary/aromatic N) is 1. The van der Waals surface area contributed by atoms with Crippen LogP contribution in [0, 0.1) is 0 Å². The van der Waals surface area contributed by atoms with E-state index >= 15 is 0 Å². The van der Waals surface area contributed by atoms with Crippen LogP contribution >= 0.6 is 0 Å². The average Bonchev–Trinajstić information content (AvgIpc) is 2.74. The zero-order valence-electron chi connectivity index (χ0n) is 16.0. The number of benzene rings is 2. The molecule has 6 heteroatoms. The fraction of sp³-hybridized carbons (Fsp3) is 0.364. The lowest BCUT2D eigenvalue weighted by atomic mass is 9.97. The molecule has 1 heterocycles. The molecule has 1 saturated heterocycles. The van der Waals surface area contributed by atoms with Crippen molar-refractivity contribution in [3.63, 3.8) is 0 Å². The Hall–Kier alpha value is -2.70. The molecule has 2 N–H and O–H groups in total. The van der Waals surface area contributed by atoms with Gasteiger partial charge in [-0.15, -0.1) is 0 Å². The second kappa shape index (κ2) is 9.48. The van der Waals surface area contributed by atoms with Crippen LogP contribution in [0.4, 0.5) is 5.69 Å². The molecule has 0 aliphatic carbocycles. The molecule has 2 aromatic carbocycles. The minimum atomic E-state index is -0.465. The number of carbonyl (C=O) groups is 2. The summed E-state index contributed by atoms with van der Waals surface area (Å²) in [6.45, 7) is 2.62. The third-order valence-electron chi connectivity index (χ3n) is 4.83. The van der Waals surface area contributed by atoms with Crippen molar-refractivity contribution in [1.29, 1.82) is 0 Å². The molecule has 0 spiro atoms. The molecule has 1 aliphatic rings. The average molecular weight is 382 g/mol. The van der Waals surface area contributed by atoms with Crippen molar-refractivity contribution in [2.75, 3.05) is 25.1 Å². The molecule has 3 rings (SSSR count). The second-order valence-electron chi connectivity index (χ2n) is 6.82. The Morgan fingerprint density at radius 1 is 1.14 bits per heavy atom. The molecule has 2 atom stereocenters. The van der Waals surface area contributed by atoms with Crippen molar-refractivity contribution < 1.29 is 19.4 Å². The van der Waals surface area contributed by atoms with Crippen LogP contribution in [0.2, 0.25) is 0 Å². The van der Waals surface area contributed by atoms with E-state index in [9.17, 15) is 14.7 Å². The maximum atomic E-state index is 13.2. The first-order chi connectivity index (χ1) is 13.6. The summed E-state index contributed by atoms with van der Waals surface area (Å²) in [4.78, 5) is 26.7. The molecule has 2 unspecified atom stereocenters. The Morgan fingerprint density at radius 3 is 2.50 bits per heavy atom. The Balaban J connectivity index is 1.80. The summed E-state index contributed by atoms with van der Waals surface area (Å²) in [5.74, 6) is -0.160. The summed E-state index contributed by atoms with van der Waals surface area (Å²) in [6.07, 6.45) is 0.787. The summed E-state index contributed by atoms with van der Waals surface area (Å²) in [7, 11) is 0. The number of hydrogen-bond donors (Lipinski definition) is 2. The van der Waals surface area contributed by atoms with Crippen molar-refractivity contribution in [2.45, 2.75) is 31.9 Å². The molecule has 28 heavy (non-hydrogen) atoms. The highest BCUT2D eigenvalue weighted by Gasteiger charge is 2.36. The molecule has 0 aromatic heterocycles. The number of carbonyl (C=O) groups excluding carboxylic acids is 2. The monoisotopic (exact) mass is 382 g/mol. The van der Waals surface area contributed by atoms with Gasteiger partial charge < -0.3 is 20.1 Å². The summed E-state index contributed by atoms with van der Waals surface area (Å²) in [6, 6.07) is 16.2. The number of ether oxygens (including phenoxy) is 1. The van der Waals surface area contributed by atoms with E-state index in [0.29, 0.717) is 30.8 Å². The van der Waals surface area contributed by atoms with Crippen LogP contribution in [-0.4, -0.2) is 47.7 Å². The molecule has 6 nitrogen and oxygen atoms in total. The van der Waals surface area contributed by atoms with Gasteiger partial charge >= 0.3 is 0 Å². The zero-order chi connectivity index (χ0) is 19.9. The molecular weight excluding hydrogens is 356 g/mol. The molecule has 1 aliphatic heterocycles. The van der Waals surface area contributed by atoms with E-state index in [4.69, 9.17) is 4.74 Å². The van der Waals surface area contributed by atoms with Crippen LogP contribution < -0.4 is 5.32 Å². The molecule has 148 valence electrons. The van der Waals surface area contributed by atoms with Crippen LogP contribution in [0.5, 0.6) is 0 Å². The van der Waals surface area contributed by atoms with Crippen molar-refractivity contribution in [3.8, 4) is 0 Å². The number of hydrogen-bond acceptors (Lipinski definition) is 4. The van der Waals surface area contributed by atoms with Gasteiger partial charge in [0, 0.05) is 24.2 Å². The van der Waals surface area contributed by atoms with Crippen molar-refractivity contribution in [2.24, 2.45) is 0 Å². The molecule has 0 bridgehead atoms. The van der Waals surface area contributed by atoms with Gasteiger partial charge in [0.25, 0.3) is 5.91 Å². The van der Waals surface area contributed by atoms with E-state index in [1.807, 2.05) is 37.3 Å². The van der Waals surface area contributed by atoms with E-state index in [2.05, 4.69) is 5.32 Å². The first-order valence-electron chi connectivity index (χ1n) is 9.62. The number of aliphatic hydroxyl groups is 1. The summed E-state index contributed by atoms with van der Waals surface area (Å²) in [5.41, 5.74) is 2.14. The van der Waals surface area contributed by atoms with Crippen LogP contribution in [0.15, 0.2) is 54.6 Å². The SMILES string of the molecule is CCCC(=O)Nc1ccc(C(=O)N2CCOC(CO)C2c2ccccc2)cc1. The highest BCUT2D eigenvalue weighted by Crippen LogP contribution is 2.31. The standard InChI is InChI=1S/C22H26N2O4/c1-2-6-20(26)23-18-11-9-17(10-12-18)22(27)24-13-14-28-19(15-25)21(24)16-7-4-3-5-8-16/h3-5,7-12,19,21,25H,2,6,13-15H2,1H3,(H,23,26). The van der Waals surface area contributed by atoms with Gasteiger partial charge in [-0.25, -0.2) is 0 Å². The smallest absolute Gasteiger partial charge is 0.254 e. The number of morpholine rings is 1. The fourth-order valence-electron chi connectivity index (χ4n) is 3.47. The first-order valence-corrected chi connectivity index (χ1v) is 9.62. The lowest BCUT2D eigenvalue weighted by Gasteiger charge is -2.41. The second-order valence-corrected chi connectivity index (χ2v) is 6.82. The van der Waals surface area contributed by atoms with Crippen LogP contribution in [-0.2, 0) is 9.53 Å². The summed E-state index contributed by atoms with van der Waals surface area (Å²) < 4.78 is 5.70. The number of rotatable bonds is 6. The van der Waals surface area contributed by atoms with Crippen LogP contribution in [0.3, 0.4) is 0 Å². The number of anilines is 1. The lowest BCUT2D eigenvalue weighted by molar-refractivity contribution is -0.116. The molecule has 2 amide bonds. The molecule has 2 aromatic rings. The van der Waals surface area contributed by atoms with Gasteiger partial charge in [-0.3, -0.25) is 9.59 Å². The predicted molar refractivity (Wildman–Crippen MR) is 107 cm³/mol. The highest BCUT2D eigenvalue weighted by molar-refractivity contribution is 5.96. The van der Waals surface area contributed by atoms with Gasteiger partial charge in [-0.2, -0.15) is 0 Å². The minimum absolute atomic E-state index is 0.0373. The van der Waals surface area contributed by atoms with E-state index in [-0.39, 0.29) is 24.5 Å². The largest absolute Gasteiger partial charge is 0.394 e. The lowest BCUT2D eigenvalue weighted by Crippen LogP contribution is -2.49. The molecule has 0 saturated carbocycles. The van der Waals surface area contributed by atoms with E-state index in [0.717, 1.165) is 12.0 Å². The number of aliphatic hydroxyl groups excluding tert-OH is 1. The zero-order valence-corrected chi connectivity index (χ0v) is 16.0. The van der Waals surface area contributed by atoms with Gasteiger partial charge in [-0.05, 0) is 36.2 Å². The summed E-state index contributed by atoms with van der Waals surface area (Å²) in [5, 5.41) is 12.6. The Bertz CT molecular complexity index is 792. The number of nitrogens with one attached hydrogen (secondary N) is 1. The normalized spacial score (nSPS) is 19.3. The topological polar surface area (TPSA) is 78.9 Å². The summed E-state index contributed by atoms with van der Waals surface area (Å²) >= 11 is 0. The Morgan fingerprint density at radius 2 is 1.86 bits per heavy atom. The van der Waals surface area contributed by atoms with E-state index in [1.54, 1.807) is 29.2 Å². The quantitative estimate of drug-likeness (QED) is 0.805. The van der Waals surface area contributed by atoms with Gasteiger partial charge in [-0.1, -0.05) is 37.3 Å². The molecule has 1 fully saturated rings. The number of amides is 2. The Labute approximate surface area is 165 Å². The van der Waals surface area contributed by atoms with Gasteiger partial charge in [0.15, 0.2) is 0 Å². The van der Waals surface area contributed by atoms with E-state index < -0.39 is 6.10 Å². The predicted octanol–water partition coefficient (Wildman–Crippen LogP) is 3.00. The maximum Gasteiger partial charge on any atom is 0.254 e. The van der Waals surface area contributed by atoms with Crippen molar-refractivity contribution in [1.82, 2.24) is 4.90 Å². The van der Waals surface area contributed by atoms with Crippen LogP contribution in [0.1, 0.15) is 41.7 Å². The van der Waals surface area contributed by atoms with Gasteiger partial charge in [0.1, 0.15) is 6.10 Å². The first kappa shape index (κ1) is 20.0. The minimum Gasteiger partial charge on any atom is -0.394 e. The van der Waals surface area contributed by atoms with Crippen molar-refractivity contribution >= 4 is 17.5 Å². The molecular formula is C22H26N2O4. The third kappa shape index (κ3) is 4.58. The maximum absolute atomic E-state index is 13.2.